The maximum absolute atomic E-state index is 4.32. The van der Waals surface area contributed by atoms with Gasteiger partial charge in [0.15, 0.2) is 0 Å². The van der Waals surface area contributed by atoms with Gasteiger partial charge in [-0.05, 0) is 19.1 Å². The van der Waals surface area contributed by atoms with Gasteiger partial charge in [-0.15, -0.1) is 0 Å². The molecule has 1 aliphatic heterocycles. The third-order valence-electron chi connectivity index (χ3n) is 2.58. The van der Waals surface area contributed by atoms with Gasteiger partial charge in [0, 0.05) is 34.6 Å². The van der Waals surface area contributed by atoms with Gasteiger partial charge < -0.3 is 0 Å². The van der Waals surface area contributed by atoms with Crippen molar-refractivity contribution in [3.63, 3.8) is 0 Å². The zero-order valence-corrected chi connectivity index (χ0v) is 9.49. The molecular formula is C13H13N3. The van der Waals surface area contributed by atoms with Crippen molar-refractivity contribution in [2.75, 3.05) is 0 Å². The number of nitrogens with zero attached hydrogens (tertiary/aromatic N) is 3. The van der Waals surface area contributed by atoms with Crippen LogP contribution in [0.15, 0.2) is 29.0 Å². The van der Waals surface area contributed by atoms with Gasteiger partial charge in [-0.25, -0.2) is 0 Å². The van der Waals surface area contributed by atoms with E-state index in [1.54, 1.807) is 12.4 Å². The first-order valence-electron chi connectivity index (χ1n) is 5.03. The molecule has 1 aromatic rings. The van der Waals surface area contributed by atoms with Crippen LogP contribution in [0.1, 0.15) is 18.2 Å². The van der Waals surface area contributed by atoms with Crippen molar-refractivity contribution in [1.29, 1.82) is 0 Å². The third-order valence-corrected chi connectivity index (χ3v) is 2.58. The average molecular weight is 211 g/mol. The molecule has 2 rings (SSSR count). The zero-order valence-electron chi connectivity index (χ0n) is 9.49. The monoisotopic (exact) mass is 211 g/mol. The Bertz CT molecular complexity index is 621. The molecule has 0 bridgehead atoms. The lowest BCUT2D eigenvalue weighted by Crippen LogP contribution is -2.36. The Morgan fingerprint density at radius 3 is 2.81 bits per heavy atom. The highest BCUT2D eigenvalue weighted by atomic mass is 14.8. The number of aromatic nitrogens is 1. The molecule has 0 radical (unpaired) electrons. The normalized spacial score (nSPS) is 16.4. The molecule has 0 aliphatic carbocycles. The lowest BCUT2D eigenvalue weighted by Gasteiger charge is -2.11. The van der Waals surface area contributed by atoms with E-state index in [2.05, 4.69) is 28.1 Å². The molecule has 0 N–H and O–H groups in total. The Hall–Kier alpha value is -2.03. The standard InChI is InChI=1S/C13H13N3/c1-5-14-11-7-16-9(3)12-8(2)6-15-10(4)13(11)12/h5-7H,1-2H2,3-4H3/b14-11-. The Morgan fingerprint density at radius 2 is 2.12 bits per heavy atom. The summed E-state index contributed by atoms with van der Waals surface area (Å²) in [6.07, 6.45) is 5.03. The molecule has 0 spiro atoms. The van der Waals surface area contributed by atoms with Crippen LogP contribution < -0.4 is 10.4 Å². The maximum Gasteiger partial charge on any atom is 0.0909 e. The van der Waals surface area contributed by atoms with Crippen molar-refractivity contribution in [3.8, 4) is 0 Å². The SMILES string of the molecule is C=C/N=C1/C=NC(C)=c2c1c(C)ncc2=C. The average Bonchev–Trinajstić information content (AvgIpc) is 2.26. The van der Waals surface area contributed by atoms with E-state index in [0.717, 1.165) is 33.1 Å². The second-order valence-corrected chi connectivity index (χ2v) is 3.66. The van der Waals surface area contributed by atoms with Gasteiger partial charge >= 0.3 is 0 Å². The van der Waals surface area contributed by atoms with Gasteiger partial charge in [-0.1, -0.05) is 13.2 Å². The summed E-state index contributed by atoms with van der Waals surface area (Å²) >= 11 is 0. The molecule has 1 aromatic heterocycles. The second kappa shape index (κ2) is 3.85. The molecule has 0 saturated carbocycles. The molecule has 1 aliphatic rings. The minimum absolute atomic E-state index is 0.797. The molecule has 2 heterocycles. The first-order chi connectivity index (χ1) is 7.65. The molecule has 0 aromatic carbocycles. The molecular weight excluding hydrogens is 198 g/mol. The quantitative estimate of drug-likeness (QED) is 0.681. The van der Waals surface area contributed by atoms with Crippen molar-refractivity contribution in [1.82, 2.24) is 4.98 Å². The summed E-state index contributed by atoms with van der Waals surface area (Å²) in [6.45, 7) is 11.5. The smallest absolute Gasteiger partial charge is 0.0909 e. The summed E-state index contributed by atoms with van der Waals surface area (Å²) in [5.74, 6) is 0. The predicted molar refractivity (Wildman–Crippen MR) is 68.1 cm³/mol. The number of aryl methyl sites for hydroxylation is 1. The van der Waals surface area contributed by atoms with Crippen molar-refractivity contribution in [3.05, 3.63) is 40.7 Å². The minimum Gasteiger partial charge on any atom is -0.260 e. The first kappa shape index (κ1) is 10.5. The summed E-state index contributed by atoms with van der Waals surface area (Å²) in [6, 6.07) is 0. The van der Waals surface area contributed by atoms with Crippen molar-refractivity contribution in [2.45, 2.75) is 13.8 Å². The third kappa shape index (κ3) is 1.50. The predicted octanol–water partition coefficient (Wildman–Crippen LogP) is 0.945. The lowest BCUT2D eigenvalue weighted by atomic mass is 10.0. The molecule has 80 valence electrons. The number of aliphatic imine (C=N–C) groups is 2. The summed E-state index contributed by atoms with van der Waals surface area (Å²) < 4.78 is 0. The van der Waals surface area contributed by atoms with E-state index < -0.39 is 0 Å². The lowest BCUT2D eigenvalue weighted by molar-refractivity contribution is 1.14. The topological polar surface area (TPSA) is 37.6 Å². The fraction of sp³-hybridized carbons (Fsp3) is 0.154. The molecule has 3 heteroatoms. The van der Waals surface area contributed by atoms with E-state index in [0.29, 0.717) is 0 Å². The number of hydrogen-bond acceptors (Lipinski definition) is 3. The molecule has 0 amide bonds. The van der Waals surface area contributed by atoms with Crippen molar-refractivity contribution in [2.24, 2.45) is 9.98 Å². The van der Waals surface area contributed by atoms with Crippen molar-refractivity contribution >= 4 is 24.2 Å². The molecule has 0 fully saturated rings. The van der Waals surface area contributed by atoms with E-state index >= 15 is 0 Å². The Labute approximate surface area is 94.3 Å². The van der Waals surface area contributed by atoms with Crippen LogP contribution in [0.25, 0.3) is 12.3 Å². The fourth-order valence-corrected chi connectivity index (χ4v) is 1.86. The molecule has 0 saturated heterocycles. The minimum atomic E-state index is 0.797. The van der Waals surface area contributed by atoms with Crippen LogP contribution in [0.2, 0.25) is 0 Å². The van der Waals surface area contributed by atoms with Gasteiger partial charge in [-0.2, -0.15) is 0 Å². The van der Waals surface area contributed by atoms with E-state index in [4.69, 9.17) is 0 Å². The van der Waals surface area contributed by atoms with E-state index in [1.807, 2.05) is 13.8 Å². The van der Waals surface area contributed by atoms with Crippen LogP contribution in [0.5, 0.6) is 0 Å². The van der Waals surface area contributed by atoms with Crippen LogP contribution in [-0.2, 0) is 0 Å². The fourth-order valence-electron chi connectivity index (χ4n) is 1.86. The van der Waals surface area contributed by atoms with Crippen LogP contribution in [0.3, 0.4) is 0 Å². The van der Waals surface area contributed by atoms with Crippen LogP contribution in [0.4, 0.5) is 0 Å². The number of hydrogen-bond donors (Lipinski definition) is 0. The largest absolute Gasteiger partial charge is 0.260 e. The summed E-state index contributed by atoms with van der Waals surface area (Å²) in [7, 11) is 0. The van der Waals surface area contributed by atoms with E-state index in [-0.39, 0.29) is 0 Å². The van der Waals surface area contributed by atoms with Gasteiger partial charge in [0.1, 0.15) is 0 Å². The Morgan fingerprint density at radius 1 is 1.38 bits per heavy atom. The summed E-state index contributed by atoms with van der Waals surface area (Å²) in [5, 5.41) is 1.92. The van der Waals surface area contributed by atoms with E-state index in [9.17, 15) is 0 Å². The van der Waals surface area contributed by atoms with Crippen molar-refractivity contribution < 1.29 is 0 Å². The Kier molecular flexibility index (Phi) is 2.52. The molecule has 0 unspecified atom stereocenters. The summed E-state index contributed by atoms with van der Waals surface area (Å²) in [5.41, 5.74) is 3.70. The second-order valence-electron chi connectivity index (χ2n) is 3.66. The van der Waals surface area contributed by atoms with Crippen LogP contribution in [0, 0.1) is 6.92 Å². The highest BCUT2D eigenvalue weighted by Gasteiger charge is 2.13. The van der Waals surface area contributed by atoms with Gasteiger partial charge in [0.25, 0.3) is 0 Å². The van der Waals surface area contributed by atoms with Gasteiger partial charge in [-0.3, -0.25) is 15.0 Å². The van der Waals surface area contributed by atoms with Gasteiger partial charge in [0.05, 0.1) is 11.9 Å². The Balaban J connectivity index is 2.97. The number of pyridine rings is 1. The van der Waals surface area contributed by atoms with Gasteiger partial charge in [0.2, 0.25) is 0 Å². The van der Waals surface area contributed by atoms with E-state index in [1.165, 1.54) is 6.20 Å². The van der Waals surface area contributed by atoms with Crippen LogP contribution >= 0.6 is 0 Å². The van der Waals surface area contributed by atoms with Crippen LogP contribution in [-0.4, -0.2) is 16.9 Å². The summed E-state index contributed by atoms with van der Waals surface area (Å²) in [4.78, 5) is 12.8. The maximum atomic E-state index is 4.32. The highest BCUT2D eigenvalue weighted by molar-refractivity contribution is 6.40. The highest BCUT2D eigenvalue weighted by Crippen LogP contribution is 2.06. The first-order valence-corrected chi connectivity index (χ1v) is 5.03. The molecule has 16 heavy (non-hydrogen) atoms. The molecule has 0 atom stereocenters. The molecule has 3 nitrogen and oxygen atoms in total. The zero-order chi connectivity index (χ0) is 11.7. The number of fused-ring (bicyclic) bond motifs is 1. The number of rotatable bonds is 1.